The number of aliphatic hydroxyl groups is 1. The van der Waals surface area contributed by atoms with Crippen LogP contribution in [0.25, 0.3) is 0 Å². The third-order valence-corrected chi connectivity index (χ3v) is 2.65. The molecule has 1 aliphatic carbocycles. The number of halogens is 1. The lowest BCUT2D eigenvalue weighted by molar-refractivity contribution is 0.340. The van der Waals surface area contributed by atoms with Gasteiger partial charge in [0.05, 0.1) is 6.61 Å². The van der Waals surface area contributed by atoms with E-state index >= 15 is 0 Å². The van der Waals surface area contributed by atoms with Gasteiger partial charge in [0.2, 0.25) is 0 Å². The standard InChI is InChI=1S/C9H15ClO/c10-9-5-3-8(4-6-9)2-1-7-11/h1-2,8-9,11H,3-7H2/b2-1+. The van der Waals surface area contributed by atoms with Crippen LogP contribution < -0.4 is 0 Å². The highest BCUT2D eigenvalue weighted by Gasteiger charge is 2.16. The van der Waals surface area contributed by atoms with Gasteiger partial charge in [-0.05, 0) is 31.6 Å². The molecule has 11 heavy (non-hydrogen) atoms. The number of alkyl halides is 1. The Labute approximate surface area is 73.1 Å². The first-order chi connectivity index (χ1) is 5.33. The summed E-state index contributed by atoms with van der Waals surface area (Å²) in [4.78, 5) is 0. The van der Waals surface area contributed by atoms with Crippen molar-refractivity contribution in [1.82, 2.24) is 0 Å². The number of hydrogen-bond acceptors (Lipinski definition) is 1. The minimum absolute atomic E-state index is 0.167. The molecule has 0 amide bonds. The molecule has 0 bridgehead atoms. The summed E-state index contributed by atoms with van der Waals surface area (Å²) in [7, 11) is 0. The summed E-state index contributed by atoms with van der Waals surface area (Å²) in [5.74, 6) is 0.664. The molecule has 1 aliphatic rings. The van der Waals surface area contributed by atoms with Gasteiger partial charge in [0.25, 0.3) is 0 Å². The second-order valence-electron chi connectivity index (χ2n) is 3.12. The van der Waals surface area contributed by atoms with E-state index in [9.17, 15) is 0 Å². The maximum Gasteiger partial charge on any atom is 0.0612 e. The molecule has 0 saturated heterocycles. The summed E-state index contributed by atoms with van der Waals surface area (Å²) in [5, 5.41) is 8.93. The van der Waals surface area contributed by atoms with Gasteiger partial charge < -0.3 is 5.11 Å². The second-order valence-corrected chi connectivity index (χ2v) is 3.74. The fourth-order valence-electron chi connectivity index (χ4n) is 1.52. The molecule has 0 atom stereocenters. The van der Waals surface area contributed by atoms with Gasteiger partial charge in [-0.1, -0.05) is 12.2 Å². The van der Waals surface area contributed by atoms with Crippen molar-refractivity contribution in [1.29, 1.82) is 0 Å². The van der Waals surface area contributed by atoms with Gasteiger partial charge in [-0.15, -0.1) is 11.6 Å². The average molecular weight is 175 g/mol. The number of rotatable bonds is 2. The average Bonchev–Trinajstić information content (AvgIpc) is 2.04. The quantitative estimate of drug-likeness (QED) is 0.503. The van der Waals surface area contributed by atoms with Crippen molar-refractivity contribution in [3.63, 3.8) is 0 Å². The minimum atomic E-state index is 0.167. The summed E-state index contributed by atoms with van der Waals surface area (Å²) >= 11 is 5.94. The van der Waals surface area contributed by atoms with E-state index in [1.165, 1.54) is 12.8 Å². The van der Waals surface area contributed by atoms with Gasteiger partial charge in [0.1, 0.15) is 0 Å². The molecule has 0 heterocycles. The van der Waals surface area contributed by atoms with E-state index in [0.717, 1.165) is 12.8 Å². The van der Waals surface area contributed by atoms with E-state index < -0.39 is 0 Å². The van der Waals surface area contributed by atoms with Crippen molar-refractivity contribution in [2.75, 3.05) is 6.61 Å². The molecule has 1 fully saturated rings. The topological polar surface area (TPSA) is 20.2 Å². The van der Waals surface area contributed by atoms with Gasteiger partial charge in [-0.25, -0.2) is 0 Å². The van der Waals surface area contributed by atoms with Gasteiger partial charge in [0.15, 0.2) is 0 Å². The van der Waals surface area contributed by atoms with E-state index in [4.69, 9.17) is 16.7 Å². The van der Waals surface area contributed by atoms with E-state index in [1.54, 1.807) is 0 Å². The third kappa shape index (κ3) is 3.26. The Bertz CT molecular complexity index is 126. The molecule has 0 aliphatic heterocycles. The first-order valence-electron chi connectivity index (χ1n) is 4.24. The fourth-order valence-corrected chi connectivity index (χ4v) is 1.78. The summed E-state index contributed by atoms with van der Waals surface area (Å²) in [6.07, 6.45) is 8.57. The summed E-state index contributed by atoms with van der Waals surface area (Å²) in [6, 6.07) is 0. The lowest BCUT2D eigenvalue weighted by Crippen LogP contribution is -2.12. The lowest BCUT2D eigenvalue weighted by atomic mass is 9.89. The van der Waals surface area contributed by atoms with Gasteiger partial charge in [0, 0.05) is 5.38 Å². The molecule has 1 rings (SSSR count). The summed E-state index contributed by atoms with van der Waals surface area (Å²) < 4.78 is 0. The predicted molar refractivity (Wildman–Crippen MR) is 47.8 cm³/mol. The van der Waals surface area contributed by atoms with Crippen LogP contribution in [0.5, 0.6) is 0 Å². The van der Waals surface area contributed by atoms with Crippen molar-refractivity contribution in [3.8, 4) is 0 Å². The molecule has 1 N–H and O–H groups in total. The van der Waals surface area contributed by atoms with Crippen molar-refractivity contribution >= 4 is 11.6 Å². The van der Waals surface area contributed by atoms with E-state index in [2.05, 4.69) is 6.08 Å². The second kappa shape index (κ2) is 4.78. The number of hydrogen-bond donors (Lipinski definition) is 1. The monoisotopic (exact) mass is 174 g/mol. The smallest absolute Gasteiger partial charge is 0.0612 e. The van der Waals surface area contributed by atoms with Crippen LogP contribution in [0, 0.1) is 5.92 Å². The highest BCUT2D eigenvalue weighted by Crippen LogP contribution is 2.28. The Kier molecular flexibility index (Phi) is 3.95. The molecule has 2 heteroatoms. The zero-order chi connectivity index (χ0) is 8.10. The molecule has 1 saturated carbocycles. The largest absolute Gasteiger partial charge is 0.392 e. The third-order valence-electron chi connectivity index (χ3n) is 2.22. The molecule has 0 aromatic heterocycles. The molecule has 0 radical (unpaired) electrons. The zero-order valence-corrected chi connectivity index (χ0v) is 7.43. The number of aliphatic hydroxyl groups excluding tert-OH is 1. The van der Waals surface area contributed by atoms with E-state index in [-0.39, 0.29) is 6.61 Å². The van der Waals surface area contributed by atoms with Crippen LogP contribution in [0.1, 0.15) is 25.7 Å². The molecule has 1 nitrogen and oxygen atoms in total. The van der Waals surface area contributed by atoms with Crippen molar-refractivity contribution in [2.24, 2.45) is 5.92 Å². The molecular weight excluding hydrogens is 160 g/mol. The zero-order valence-electron chi connectivity index (χ0n) is 6.67. The maximum atomic E-state index is 8.54. The Morgan fingerprint density at radius 2 is 1.91 bits per heavy atom. The van der Waals surface area contributed by atoms with Gasteiger partial charge >= 0.3 is 0 Å². The summed E-state index contributed by atoms with van der Waals surface area (Å²) in [6.45, 7) is 0.167. The fraction of sp³-hybridized carbons (Fsp3) is 0.778. The predicted octanol–water partition coefficient (Wildman–Crippen LogP) is 2.33. The van der Waals surface area contributed by atoms with Crippen LogP contribution in [0.2, 0.25) is 0 Å². The van der Waals surface area contributed by atoms with Crippen molar-refractivity contribution in [2.45, 2.75) is 31.1 Å². The summed E-state index contributed by atoms with van der Waals surface area (Å²) in [5.41, 5.74) is 0. The lowest BCUT2D eigenvalue weighted by Gasteiger charge is -2.21. The van der Waals surface area contributed by atoms with Crippen molar-refractivity contribution < 1.29 is 5.11 Å². The molecule has 0 aromatic carbocycles. The SMILES string of the molecule is OC/C=C/C1CCC(Cl)CC1. The van der Waals surface area contributed by atoms with Crippen LogP contribution in [-0.4, -0.2) is 17.1 Å². The molecular formula is C9H15ClO. The van der Waals surface area contributed by atoms with E-state index in [1.807, 2.05) is 6.08 Å². The minimum Gasteiger partial charge on any atom is -0.392 e. The molecule has 64 valence electrons. The molecule has 0 unspecified atom stereocenters. The Morgan fingerprint density at radius 3 is 2.45 bits per heavy atom. The highest BCUT2D eigenvalue weighted by molar-refractivity contribution is 6.20. The van der Waals surface area contributed by atoms with Crippen LogP contribution >= 0.6 is 11.6 Å². The molecule has 0 spiro atoms. The number of allylic oxidation sites excluding steroid dienone is 1. The van der Waals surface area contributed by atoms with Crippen LogP contribution in [0.3, 0.4) is 0 Å². The Hall–Kier alpha value is -0.0100. The van der Waals surface area contributed by atoms with Gasteiger partial charge in [-0.3, -0.25) is 0 Å². The highest BCUT2D eigenvalue weighted by atomic mass is 35.5. The van der Waals surface area contributed by atoms with Gasteiger partial charge in [-0.2, -0.15) is 0 Å². The molecule has 0 aromatic rings. The van der Waals surface area contributed by atoms with E-state index in [0.29, 0.717) is 11.3 Å². The Morgan fingerprint density at radius 1 is 1.27 bits per heavy atom. The van der Waals surface area contributed by atoms with Crippen LogP contribution in [0.15, 0.2) is 12.2 Å². The van der Waals surface area contributed by atoms with Crippen molar-refractivity contribution in [3.05, 3.63) is 12.2 Å². The van der Waals surface area contributed by atoms with Crippen LogP contribution in [0.4, 0.5) is 0 Å². The van der Waals surface area contributed by atoms with Crippen LogP contribution in [-0.2, 0) is 0 Å². The normalized spacial score (nSPS) is 32.9. The Balaban J connectivity index is 2.22. The maximum absolute atomic E-state index is 8.54. The first-order valence-corrected chi connectivity index (χ1v) is 4.68. The first kappa shape index (κ1) is 9.08.